The normalized spacial score (nSPS) is 23.3. The summed E-state index contributed by atoms with van der Waals surface area (Å²) in [6, 6.07) is 4.28. The first-order chi connectivity index (χ1) is 13.4. The summed E-state index contributed by atoms with van der Waals surface area (Å²) < 4.78 is 14.8. The van der Waals surface area contributed by atoms with Gasteiger partial charge in [-0.15, -0.1) is 0 Å². The van der Waals surface area contributed by atoms with E-state index in [9.17, 15) is 9.50 Å². The Labute approximate surface area is 172 Å². The number of likely N-dealkylation sites (N-methyl/N-ethyl adjacent to an activating group) is 1. The number of hydrogen-bond donors (Lipinski definition) is 2. The average molecular weight is 450 g/mol. The second-order valence-corrected chi connectivity index (χ2v) is 8.63. The highest BCUT2D eigenvalue weighted by Gasteiger charge is 2.28. The summed E-state index contributed by atoms with van der Waals surface area (Å²) in [5.74, 6) is 1.15. The number of aromatic nitrogens is 2. The molecule has 1 saturated heterocycles. The SMILES string of the molecule is Cc1cc(Br)cc2c(NCC3CC(O)CN3C)nc(N3CCC=C(F)C3)nc12. The van der Waals surface area contributed by atoms with E-state index in [0.717, 1.165) is 33.2 Å². The lowest BCUT2D eigenvalue weighted by molar-refractivity contribution is 0.182. The lowest BCUT2D eigenvalue weighted by Crippen LogP contribution is -2.33. The van der Waals surface area contributed by atoms with Gasteiger partial charge in [0.2, 0.25) is 5.95 Å². The first kappa shape index (κ1) is 19.5. The number of aryl methyl sites for hydroxylation is 1. The summed E-state index contributed by atoms with van der Waals surface area (Å²) in [7, 11) is 2.02. The number of anilines is 2. The van der Waals surface area contributed by atoms with Crippen molar-refractivity contribution in [3.05, 3.63) is 34.1 Å². The van der Waals surface area contributed by atoms with E-state index >= 15 is 0 Å². The molecule has 1 aromatic carbocycles. The number of fused-ring (bicyclic) bond motifs is 1. The Morgan fingerprint density at radius 3 is 2.89 bits per heavy atom. The molecule has 0 aliphatic carbocycles. The van der Waals surface area contributed by atoms with Gasteiger partial charge in [0.15, 0.2) is 0 Å². The highest BCUT2D eigenvalue weighted by atomic mass is 79.9. The third-order valence-electron chi connectivity index (χ3n) is 5.50. The average Bonchev–Trinajstić information content (AvgIpc) is 2.97. The molecule has 1 fully saturated rings. The molecule has 0 bridgehead atoms. The molecule has 4 rings (SSSR count). The Balaban J connectivity index is 1.69. The monoisotopic (exact) mass is 449 g/mol. The topological polar surface area (TPSA) is 64.5 Å². The van der Waals surface area contributed by atoms with Crippen molar-refractivity contribution in [2.45, 2.75) is 31.9 Å². The molecule has 28 heavy (non-hydrogen) atoms. The molecule has 0 spiro atoms. The highest BCUT2D eigenvalue weighted by molar-refractivity contribution is 9.10. The van der Waals surface area contributed by atoms with Crippen LogP contribution in [0.15, 0.2) is 28.5 Å². The molecule has 2 unspecified atom stereocenters. The van der Waals surface area contributed by atoms with Crippen LogP contribution in [0.1, 0.15) is 18.4 Å². The van der Waals surface area contributed by atoms with Crippen LogP contribution >= 0.6 is 15.9 Å². The zero-order valence-electron chi connectivity index (χ0n) is 16.1. The van der Waals surface area contributed by atoms with Crippen molar-refractivity contribution < 1.29 is 9.50 Å². The first-order valence-corrected chi connectivity index (χ1v) is 10.4. The van der Waals surface area contributed by atoms with E-state index in [4.69, 9.17) is 9.97 Å². The molecule has 0 amide bonds. The molecule has 3 heterocycles. The van der Waals surface area contributed by atoms with Crippen LogP contribution in [0, 0.1) is 6.92 Å². The minimum atomic E-state index is -0.283. The van der Waals surface area contributed by atoms with Crippen LogP contribution in [0.5, 0.6) is 0 Å². The maximum atomic E-state index is 13.8. The van der Waals surface area contributed by atoms with Gasteiger partial charge >= 0.3 is 0 Å². The summed E-state index contributed by atoms with van der Waals surface area (Å²) >= 11 is 3.56. The number of β-amino-alcohol motifs (C(OH)–C–C–N with tert-alkyl or cyclic N) is 1. The Kier molecular flexibility index (Phi) is 5.53. The quantitative estimate of drug-likeness (QED) is 0.746. The molecule has 2 aliphatic rings. The number of nitrogens with one attached hydrogen (secondary N) is 1. The Hall–Kier alpha value is -1.77. The molecule has 6 nitrogen and oxygen atoms in total. The van der Waals surface area contributed by atoms with Gasteiger partial charge < -0.3 is 15.3 Å². The molecule has 2 atom stereocenters. The van der Waals surface area contributed by atoms with Gasteiger partial charge in [-0.3, -0.25) is 4.90 Å². The fourth-order valence-corrected chi connectivity index (χ4v) is 4.58. The second-order valence-electron chi connectivity index (χ2n) is 7.72. The van der Waals surface area contributed by atoms with E-state index in [-0.39, 0.29) is 24.5 Å². The van der Waals surface area contributed by atoms with Gasteiger partial charge in [-0.2, -0.15) is 4.98 Å². The van der Waals surface area contributed by atoms with Gasteiger partial charge in [0, 0.05) is 35.5 Å². The van der Waals surface area contributed by atoms with Gasteiger partial charge in [-0.1, -0.05) is 15.9 Å². The maximum Gasteiger partial charge on any atom is 0.228 e. The molecule has 2 aromatic rings. The molecule has 8 heteroatoms. The van der Waals surface area contributed by atoms with Crippen LogP contribution in [0.3, 0.4) is 0 Å². The van der Waals surface area contributed by atoms with E-state index < -0.39 is 0 Å². The number of nitrogens with zero attached hydrogens (tertiary/aromatic N) is 4. The van der Waals surface area contributed by atoms with Crippen LogP contribution in [0.2, 0.25) is 0 Å². The van der Waals surface area contributed by atoms with Crippen LogP contribution in [0.25, 0.3) is 10.9 Å². The van der Waals surface area contributed by atoms with Gasteiger partial charge in [0.1, 0.15) is 11.6 Å². The standard InChI is InChI=1S/C20H25BrFN5O/c1-12-6-13(21)7-17-18(12)24-20(27-5-3-4-14(22)10-27)25-19(17)23-9-15-8-16(28)11-26(15)2/h4,6-7,15-16,28H,3,5,8-11H2,1-2H3,(H,23,24,25). The molecule has 1 aromatic heterocycles. The van der Waals surface area contributed by atoms with Gasteiger partial charge in [-0.05, 0) is 50.6 Å². The first-order valence-electron chi connectivity index (χ1n) is 9.60. The summed E-state index contributed by atoms with van der Waals surface area (Å²) in [5, 5.41) is 14.3. The fraction of sp³-hybridized carbons (Fsp3) is 0.500. The van der Waals surface area contributed by atoms with E-state index in [0.29, 0.717) is 32.0 Å². The molecule has 150 valence electrons. The molecular weight excluding hydrogens is 425 g/mol. The number of benzene rings is 1. The number of likely N-dealkylation sites (tertiary alicyclic amines) is 1. The Morgan fingerprint density at radius 1 is 1.36 bits per heavy atom. The number of halogens is 2. The fourth-order valence-electron chi connectivity index (χ4n) is 4.00. The minimum Gasteiger partial charge on any atom is -0.392 e. The second kappa shape index (κ2) is 7.93. The lowest BCUT2D eigenvalue weighted by Gasteiger charge is -2.26. The van der Waals surface area contributed by atoms with Crippen LogP contribution in [-0.4, -0.2) is 65.3 Å². The van der Waals surface area contributed by atoms with Crippen LogP contribution in [0.4, 0.5) is 16.2 Å². The van der Waals surface area contributed by atoms with Gasteiger partial charge in [0.25, 0.3) is 0 Å². The number of hydrogen-bond acceptors (Lipinski definition) is 6. The minimum absolute atomic E-state index is 0.140. The maximum absolute atomic E-state index is 13.8. The highest BCUT2D eigenvalue weighted by Crippen LogP contribution is 2.30. The zero-order valence-corrected chi connectivity index (χ0v) is 17.7. The van der Waals surface area contributed by atoms with E-state index in [1.165, 1.54) is 0 Å². The molecule has 0 saturated carbocycles. The Bertz CT molecular complexity index is 921. The Morgan fingerprint density at radius 2 is 2.18 bits per heavy atom. The molecule has 2 N–H and O–H groups in total. The zero-order chi connectivity index (χ0) is 19.8. The summed E-state index contributed by atoms with van der Waals surface area (Å²) in [6.07, 6.45) is 2.74. The summed E-state index contributed by atoms with van der Waals surface area (Å²) in [4.78, 5) is 13.5. The third kappa shape index (κ3) is 3.99. The summed E-state index contributed by atoms with van der Waals surface area (Å²) in [5.41, 5.74) is 1.91. The van der Waals surface area contributed by atoms with Crippen LogP contribution in [-0.2, 0) is 0 Å². The number of aliphatic hydroxyl groups is 1. The van der Waals surface area contributed by atoms with Crippen molar-refractivity contribution in [2.75, 3.05) is 43.4 Å². The predicted molar refractivity (Wildman–Crippen MR) is 114 cm³/mol. The third-order valence-corrected chi connectivity index (χ3v) is 5.96. The van der Waals surface area contributed by atoms with Crippen molar-refractivity contribution >= 4 is 38.6 Å². The smallest absolute Gasteiger partial charge is 0.228 e. The number of aliphatic hydroxyl groups excluding tert-OH is 1. The van der Waals surface area contributed by atoms with Crippen molar-refractivity contribution in [2.24, 2.45) is 0 Å². The molecule has 0 radical (unpaired) electrons. The van der Waals surface area contributed by atoms with Crippen LogP contribution < -0.4 is 10.2 Å². The van der Waals surface area contributed by atoms with Crippen molar-refractivity contribution in [3.8, 4) is 0 Å². The van der Waals surface area contributed by atoms with Gasteiger partial charge in [-0.25, -0.2) is 9.37 Å². The molecular formula is C20H25BrFN5O. The number of rotatable bonds is 4. The van der Waals surface area contributed by atoms with Crippen molar-refractivity contribution in [1.29, 1.82) is 0 Å². The lowest BCUT2D eigenvalue weighted by atomic mass is 10.1. The predicted octanol–water partition coefficient (Wildman–Crippen LogP) is 3.24. The van der Waals surface area contributed by atoms with E-state index in [1.807, 2.05) is 31.0 Å². The van der Waals surface area contributed by atoms with E-state index in [2.05, 4.69) is 26.1 Å². The largest absolute Gasteiger partial charge is 0.392 e. The van der Waals surface area contributed by atoms with Gasteiger partial charge in [0.05, 0.1) is 18.2 Å². The van der Waals surface area contributed by atoms with Crippen molar-refractivity contribution in [3.63, 3.8) is 0 Å². The van der Waals surface area contributed by atoms with E-state index in [1.54, 1.807) is 6.08 Å². The summed E-state index contributed by atoms with van der Waals surface area (Å²) in [6.45, 7) is 4.29. The molecule has 2 aliphatic heterocycles. The van der Waals surface area contributed by atoms with Crippen molar-refractivity contribution in [1.82, 2.24) is 14.9 Å².